The highest BCUT2D eigenvalue weighted by atomic mass is 79.9. The number of aryl methyl sites for hydroxylation is 1. The third kappa shape index (κ3) is 5.61. The molecule has 1 aliphatic carbocycles. The number of hydrogen-bond donors (Lipinski definition) is 0. The largest absolute Gasteiger partial charge is 0.497 e. The summed E-state index contributed by atoms with van der Waals surface area (Å²) in [5.74, 6) is 1.87. The van der Waals surface area contributed by atoms with Gasteiger partial charge in [0.2, 0.25) is 0 Å². The van der Waals surface area contributed by atoms with E-state index in [0.29, 0.717) is 4.32 Å². The number of unbranched alkanes of at least 4 members (excludes halogenated alkanes) is 2. The molecule has 0 aromatic heterocycles. The second-order valence-electron chi connectivity index (χ2n) is 6.94. The first-order chi connectivity index (χ1) is 10.6. The lowest BCUT2D eigenvalue weighted by Crippen LogP contribution is -2.28. The molecule has 0 atom stereocenters. The van der Waals surface area contributed by atoms with E-state index >= 15 is 0 Å². The molecule has 22 heavy (non-hydrogen) atoms. The first-order valence-electron chi connectivity index (χ1n) is 8.97. The molecule has 0 bridgehead atoms. The number of halogens is 1. The van der Waals surface area contributed by atoms with Crippen LogP contribution in [0.4, 0.5) is 0 Å². The number of methoxy groups -OCH3 is 1. The van der Waals surface area contributed by atoms with Gasteiger partial charge < -0.3 is 4.74 Å². The van der Waals surface area contributed by atoms with Crippen molar-refractivity contribution < 1.29 is 4.74 Å². The highest BCUT2D eigenvalue weighted by molar-refractivity contribution is 9.10. The lowest BCUT2D eigenvalue weighted by molar-refractivity contribution is 0.279. The van der Waals surface area contributed by atoms with E-state index < -0.39 is 0 Å². The number of hydrogen-bond acceptors (Lipinski definition) is 1. The molecule has 1 fully saturated rings. The van der Waals surface area contributed by atoms with E-state index in [2.05, 4.69) is 47.1 Å². The lowest BCUT2D eigenvalue weighted by atomic mass is 9.77. The smallest absolute Gasteiger partial charge is 0.118 e. The zero-order chi connectivity index (χ0) is 15.8. The van der Waals surface area contributed by atoms with Gasteiger partial charge in [-0.05, 0) is 68.6 Å². The van der Waals surface area contributed by atoms with Crippen molar-refractivity contribution in [2.75, 3.05) is 7.11 Å². The Morgan fingerprint density at radius 2 is 1.82 bits per heavy atom. The average molecular weight is 367 g/mol. The Morgan fingerprint density at radius 3 is 2.41 bits per heavy atom. The summed E-state index contributed by atoms with van der Waals surface area (Å²) in [4.78, 5) is 0. The van der Waals surface area contributed by atoms with Gasteiger partial charge in [0.05, 0.1) is 7.11 Å². The molecular weight excluding hydrogens is 336 g/mol. The normalized spacial score (nSPS) is 25.1. The van der Waals surface area contributed by atoms with Crippen molar-refractivity contribution in [3.8, 4) is 5.75 Å². The summed E-state index contributed by atoms with van der Waals surface area (Å²) >= 11 is 4.05. The first-order valence-corrected chi connectivity index (χ1v) is 9.76. The topological polar surface area (TPSA) is 9.23 Å². The van der Waals surface area contributed by atoms with E-state index in [0.717, 1.165) is 11.7 Å². The van der Waals surface area contributed by atoms with Crippen molar-refractivity contribution in [2.45, 2.75) is 75.5 Å². The quantitative estimate of drug-likeness (QED) is 0.375. The predicted octanol–water partition coefficient (Wildman–Crippen LogP) is 6.53. The standard InChI is InChI=1S/C20H31BrO/c1-3-4-5-14-20(21)15-12-18(13-16-20)7-6-17-8-10-19(22-2)11-9-17/h8-11,18H,3-7,12-16H2,1-2H3/t18-,20-. The Morgan fingerprint density at radius 1 is 1.14 bits per heavy atom. The van der Waals surface area contributed by atoms with E-state index in [4.69, 9.17) is 4.74 Å². The number of rotatable bonds is 8. The van der Waals surface area contributed by atoms with Crippen LogP contribution in [0, 0.1) is 5.92 Å². The van der Waals surface area contributed by atoms with E-state index in [1.54, 1.807) is 7.11 Å². The van der Waals surface area contributed by atoms with Gasteiger partial charge in [-0.15, -0.1) is 0 Å². The minimum atomic E-state index is 0.457. The molecule has 0 spiro atoms. The van der Waals surface area contributed by atoms with Crippen molar-refractivity contribution in [3.05, 3.63) is 29.8 Å². The van der Waals surface area contributed by atoms with Gasteiger partial charge in [0.1, 0.15) is 5.75 Å². The third-order valence-electron chi connectivity index (χ3n) is 5.23. The van der Waals surface area contributed by atoms with Crippen molar-refractivity contribution >= 4 is 15.9 Å². The molecule has 0 heterocycles. The SMILES string of the molecule is CCCCC[C@]1(Br)CC[C@H](CCc2ccc(OC)cc2)CC1. The summed E-state index contributed by atoms with van der Waals surface area (Å²) in [6.45, 7) is 2.29. The van der Waals surface area contributed by atoms with Crippen LogP contribution in [0.3, 0.4) is 0 Å². The van der Waals surface area contributed by atoms with Crippen LogP contribution in [-0.2, 0) is 6.42 Å². The number of benzene rings is 1. The predicted molar refractivity (Wildman–Crippen MR) is 99.1 cm³/mol. The molecule has 0 amide bonds. The molecule has 1 saturated carbocycles. The Hall–Kier alpha value is -0.500. The maximum Gasteiger partial charge on any atom is 0.118 e. The van der Waals surface area contributed by atoms with Crippen LogP contribution in [0.25, 0.3) is 0 Å². The fourth-order valence-electron chi connectivity index (χ4n) is 3.59. The van der Waals surface area contributed by atoms with Crippen LogP contribution >= 0.6 is 15.9 Å². The second-order valence-corrected chi connectivity index (χ2v) is 8.62. The molecule has 0 aliphatic heterocycles. The molecule has 124 valence electrons. The summed E-state index contributed by atoms with van der Waals surface area (Å²) in [5.41, 5.74) is 1.44. The van der Waals surface area contributed by atoms with Gasteiger partial charge in [-0.25, -0.2) is 0 Å². The fourth-order valence-corrected chi connectivity index (χ4v) is 4.33. The monoisotopic (exact) mass is 366 g/mol. The molecule has 0 unspecified atom stereocenters. The Labute approximate surface area is 145 Å². The molecule has 1 aromatic rings. The summed E-state index contributed by atoms with van der Waals surface area (Å²) in [5, 5.41) is 0. The summed E-state index contributed by atoms with van der Waals surface area (Å²) < 4.78 is 5.68. The number of alkyl halides is 1. The van der Waals surface area contributed by atoms with E-state index in [1.165, 1.54) is 69.8 Å². The third-order valence-corrected chi connectivity index (χ3v) is 6.42. The highest BCUT2D eigenvalue weighted by Crippen LogP contribution is 2.43. The summed E-state index contributed by atoms with van der Waals surface area (Å²) in [6.07, 6.45) is 13.5. The fraction of sp³-hybridized carbons (Fsp3) is 0.700. The maximum atomic E-state index is 5.22. The molecule has 0 saturated heterocycles. The Balaban J connectivity index is 1.70. The minimum absolute atomic E-state index is 0.457. The average Bonchev–Trinajstić information content (AvgIpc) is 2.55. The van der Waals surface area contributed by atoms with Crippen molar-refractivity contribution in [1.82, 2.24) is 0 Å². The molecule has 0 N–H and O–H groups in total. The van der Waals surface area contributed by atoms with Crippen LogP contribution in [0.2, 0.25) is 0 Å². The van der Waals surface area contributed by atoms with Crippen LogP contribution in [0.15, 0.2) is 24.3 Å². The molecule has 2 heteroatoms. The van der Waals surface area contributed by atoms with Crippen molar-refractivity contribution in [1.29, 1.82) is 0 Å². The van der Waals surface area contributed by atoms with Crippen LogP contribution in [-0.4, -0.2) is 11.4 Å². The van der Waals surface area contributed by atoms with Gasteiger partial charge in [-0.3, -0.25) is 0 Å². The molecule has 0 radical (unpaired) electrons. The lowest BCUT2D eigenvalue weighted by Gasteiger charge is -2.36. The van der Waals surface area contributed by atoms with Gasteiger partial charge in [0, 0.05) is 4.32 Å². The Kier molecular flexibility index (Phi) is 7.27. The summed E-state index contributed by atoms with van der Waals surface area (Å²) in [6, 6.07) is 8.57. The van der Waals surface area contributed by atoms with E-state index in [1.807, 2.05) is 0 Å². The minimum Gasteiger partial charge on any atom is -0.497 e. The van der Waals surface area contributed by atoms with Crippen molar-refractivity contribution in [2.24, 2.45) is 5.92 Å². The van der Waals surface area contributed by atoms with Crippen molar-refractivity contribution in [3.63, 3.8) is 0 Å². The zero-order valence-electron chi connectivity index (χ0n) is 14.2. The highest BCUT2D eigenvalue weighted by Gasteiger charge is 2.31. The van der Waals surface area contributed by atoms with E-state index in [-0.39, 0.29) is 0 Å². The molecule has 1 aliphatic rings. The molecule has 1 aromatic carbocycles. The van der Waals surface area contributed by atoms with Gasteiger partial charge >= 0.3 is 0 Å². The molecule has 2 rings (SSSR count). The van der Waals surface area contributed by atoms with Gasteiger partial charge in [0.25, 0.3) is 0 Å². The van der Waals surface area contributed by atoms with Crippen LogP contribution < -0.4 is 4.74 Å². The first kappa shape index (κ1) is 17.8. The summed E-state index contributed by atoms with van der Waals surface area (Å²) in [7, 11) is 1.73. The number of ether oxygens (including phenoxy) is 1. The maximum absolute atomic E-state index is 5.22. The van der Waals surface area contributed by atoms with Gasteiger partial charge in [-0.2, -0.15) is 0 Å². The zero-order valence-corrected chi connectivity index (χ0v) is 15.8. The van der Waals surface area contributed by atoms with Gasteiger partial charge in [0.15, 0.2) is 0 Å². The molecular formula is C20H31BrO. The van der Waals surface area contributed by atoms with Crippen LogP contribution in [0.1, 0.15) is 70.3 Å². The van der Waals surface area contributed by atoms with E-state index in [9.17, 15) is 0 Å². The molecule has 1 nitrogen and oxygen atoms in total. The Bertz CT molecular complexity index is 418. The van der Waals surface area contributed by atoms with Gasteiger partial charge in [-0.1, -0.05) is 54.2 Å². The second kappa shape index (κ2) is 8.96. The van der Waals surface area contributed by atoms with Crippen LogP contribution in [0.5, 0.6) is 5.75 Å².